The maximum Gasteiger partial charge on any atom is 0.311 e. The van der Waals surface area contributed by atoms with Crippen molar-refractivity contribution >= 4 is 5.97 Å². The Balaban J connectivity index is 1.67. The quantitative estimate of drug-likeness (QED) is 0.435. The van der Waals surface area contributed by atoms with Crippen molar-refractivity contribution in [3.63, 3.8) is 0 Å². The summed E-state index contributed by atoms with van der Waals surface area (Å²) in [6.07, 6.45) is 12.4. The van der Waals surface area contributed by atoms with Crippen LogP contribution < -0.4 is 0 Å². The molecule has 0 aromatic heterocycles. The minimum Gasteiger partial charge on any atom is -0.462 e. The summed E-state index contributed by atoms with van der Waals surface area (Å²) in [4.78, 5) is 12.3. The standard InChI is InChI=1S/C24H44O4/c1-7-23(4,5)22(25)27-20-12-10-18(11-13-20)26-19-14-16-21(17-15-19)28-24(6,8-2)9-3/h18-21H,7-17H2,1-6H3. The molecule has 2 saturated carbocycles. The molecule has 0 atom stereocenters. The zero-order valence-corrected chi connectivity index (χ0v) is 19.2. The molecule has 0 unspecified atom stereocenters. The summed E-state index contributed by atoms with van der Waals surface area (Å²) in [6, 6.07) is 0. The number of esters is 1. The van der Waals surface area contributed by atoms with E-state index in [2.05, 4.69) is 20.8 Å². The number of hydrogen-bond donors (Lipinski definition) is 0. The van der Waals surface area contributed by atoms with Gasteiger partial charge in [0, 0.05) is 0 Å². The van der Waals surface area contributed by atoms with Crippen molar-refractivity contribution in [3.05, 3.63) is 0 Å². The van der Waals surface area contributed by atoms with Gasteiger partial charge in [-0.2, -0.15) is 0 Å². The van der Waals surface area contributed by atoms with Crippen LogP contribution in [0.25, 0.3) is 0 Å². The van der Waals surface area contributed by atoms with Gasteiger partial charge in [0.2, 0.25) is 0 Å². The maximum absolute atomic E-state index is 12.3. The molecule has 0 heterocycles. The SMILES string of the molecule is CCC(C)(CC)OC1CCC(OC2CCC(OC(=O)C(C)(C)CC)CC2)CC1. The molecule has 0 aromatic carbocycles. The molecule has 164 valence electrons. The molecule has 0 saturated heterocycles. The van der Waals surface area contributed by atoms with Gasteiger partial charge in [0.15, 0.2) is 0 Å². The third-order valence-electron chi connectivity index (χ3n) is 7.28. The molecule has 0 N–H and O–H groups in total. The summed E-state index contributed by atoms with van der Waals surface area (Å²) in [6.45, 7) is 12.6. The lowest BCUT2D eigenvalue weighted by Gasteiger charge is -2.38. The van der Waals surface area contributed by atoms with Crippen molar-refractivity contribution in [2.24, 2.45) is 5.41 Å². The highest BCUT2D eigenvalue weighted by atomic mass is 16.5. The Morgan fingerprint density at radius 2 is 1.14 bits per heavy atom. The van der Waals surface area contributed by atoms with Gasteiger partial charge < -0.3 is 14.2 Å². The van der Waals surface area contributed by atoms with Crippen molar-refractivity contribution in [1.29, 1.82) is 0 Å². The van der Waals surface area contributed by atoms with Gasteiger partial charge in [0.25, 0.3) is 0 Å². The van der Waals surface area contributed by atoms with Gasteiger partial charge in [-0.15, -0.1) is 0 Å². The molecule has 4 nitrogen and oxygen atoms in total. The number of ether oxygens (including phenoxy) is 3. The maximum atomic E-state index is 12.3. The predicted octanol–water partition coefficient (Wildman–Crippen LogP) is 6.20. The van der Waals surface area contributed by atoms with E-state index < -0.39 is 0 Å². The second kappa shape index (κ2) is 10.4. The van der Waals surface area contributed by atoms with Crippen LogP contribution in [0.2, 0.25) is 0 Å². The molecule has 0 radical (unpaired) electrons. The molecule has 0 aliphatic heterocycles. The molecular formula is C24H44O4. The van der Waals surface area contributed by atoms with Crippen molar-refractivity contribution in [2.45, 2.75) is 142 Å². The molecule has 2 fully saturated rings. The Labute approximate surface area is 173 Å². The normalized spacial score (nSPS) is 29.5. The van der Waals surface area contributed by atoms with Gasteiger partial charge in [-0.05, 0) is 91.4 Å². The number of carbonyl (C=O) groups is 1. The van der Waals surface area contributed by atoms with Crippen molar-refractivity contribution in [3.8, 4) is 0 Å². The Morgan fingerprint density at radius 3 is 1.57 bits per heavy atom. The highest BCUT2D eigenvalue weighted by Crippen LogP contribution is 2.33. The van der Waals surface area contributed by atoms with E-state index >= 15 is 0 Å². The van der Waals surface area contributed by atoms with Crippen LogP contribution in [0, 0.1) is 5.41 Å². The fourth-order valence-corrected chi connectivity index (χ4v) is 4.12. The third-order valence-corrected chi connectivity index (χ3v) is 7.28. The molecular weight excluding hydrogens is 352 g/mol. The molecule has 0 spiro atoms. The average Bonchev–Trinajstić information content (AvgIpc) is 2.70. The van der Waals surface area contributed by atoms with E-state index in [1.54, 1.807) is 0 Å². The van der Waals surface area contributed by atoms with Gasteiger partial charge in [-0.25, -0.2) is 0 Å². The molecule has 28 heavy (non-hydrogen) atoms. The van der Waals surface area contributed by atoms with Crippen LogP contribution >= 0.6 is 0 Å². The fraction of sp³-hybridized carbons (Fsp3) is 0.958. The monoisotopic (exact) mass is 396 g/mol. The first-order chi connectivity index (χ1) is 13.2. The zero-order chi connectivity index (χ0) is 20.8. The Kier molecular flexibility index (Phi) is 8.81. The highest BCUT2D eigenvalue weighted by Gasteiger charge is 2.33. The summed E-state index contributed by atoms with van der Waals surface area (Å²) in [5.74, 6) is -0.0520. The van der Waals surface area contributed by atoms with E-state index in [1.807, 2.05) is 20.8 Å². The van der Waals surface area contributed by atoms with Crippen LogP contribution in [0.15, 0.2) is 0 Å². The summed E-state index contributed by atoms with van der Waals surface area (Å²) in [5.41, 5.74) is -0.347. The van der Waals surface area contributed by atoms with E-state index in [9.17, 15) is 4.79 Å². The summed E-state index contributed by atoms with van der Waals surface area (Å²) < 4.78 is 18.6. The lowest BCUT2D eigenvalue weighted by atomic mass is 9.89. The second-order valence-corrected chi connectivity index (χ2v) is 9.85. The third kappa shape index (κ3) is 6.73. The van der Waals surface area contributed by atoms with Crippen LogP contribution in [0.1, 0.15) is 112 Å². The molecule has 4 heteroatoms. The molecule has 0 aromatic rings. The number of carbonyl (C=O) groups excluding carboxylic acids is 1. The van der Waals surface area contributed by atoms with Gasteiger partial charge >= 0.3 is 5.97 Å². The van der Waals surface area contributed by atoms with Gasteiger partial charge in [-0.1, -0.05) is 20.8 Å². The van der Waals surface area contributed by atoms with E-state index in [0.29, 0.717) is 18.3 Å². The van der Waals surface area contributed by atoms with Gasteiger partial charge in [-0.3, -0.25) is 4.79 Å². The summed E-state index contributed by atoms with van der Waals surface area (Å²) in [5, 5.41) is 0. The van der Waals surface area contributed by atoms with Crippen LogP contribution in [0.5, 0.6) is 0 Å². The van der Waals surface area contributed by atoms with Crippen LogP contribution in [-0.2, 0) is 19.0 Å². The minimum absolute atomic E-state index is 0.0283. The summed E-state index contributed by atoms with van der Waals surface area (Å²) in [7, 11) is 0. The van der Waals surface area contributed by atoms with Crippen molar-refractivity contribution in [2.75, 3.05) is 0 Å². The van der Waals surface area contributed by atoms with Crippen LogP contribution in [0.4, 0.5) is 0 Å². The van der Waals surface area contributed by atoms with Gasteiger partial charge in [0.05, 0.1) is 29.3 Å². The lowest BCUT2D eigenvalue weighted by molar-refractivity contribution is -0.164. The van der Waals surface area contributed by atoms with E-state index in [1.165, 1.54) is 0 Å². The van der Waals surface area contributed by atoms with E-state index in [0.717, 1.165) is 70.6 Å². The molecule has 0 amide bonds. The lowest BCUT2D eigenvalue weighted by Crippen LogP contribution is -2.38. The first-order valence-corrected chi connectivity index (χ1v) is 11.8. The largest absolute Gasteiger partial charge is 0.462 e. The second-order valence-electron chi connectivity index (χ2n) is 9.85. The number of hydrogen-bond acceptors (Lipinski definition) is 4. The average molecular weight is 397 g/mol. The van der Waals surface area contributed by atoms with E-state index in [4.69, 9.17) is 14.2 Å². The Bertz CT molecular complexity index is 467. The Hall–Kier alpha value is -0.610. The molecule has 2 rings (SSSR count). The zero-order valence-electron chi connectivity index (χ0n) is 19.2. The van der Waals surface area contributed by atoms with Crippen molar-refractivity contribution in [1.82, 2.24) is 0 Å². The first-order valence-electron chi connectivity index (χ1n) is 11.8. The molecule has 2 aliphatic carbocycles. The first kappa shape index (κ1) is 23.7. The molecule has 2 aliphatic rings. The highest BCUT2D eigenvalue weighted by molar-refractivity contribution is 5.75. The summed E-state index contributed by atoms with van der Waals surface area (Å²) >= 11 is 0. The topological polar surface area (TPSA) is 44.8 Å². The van der Waals surface area contributed by atoms with Crippen LogP contribution in [-0.4, -0.2) is 36.0 Å². The smallest absolute Gasteiger partial charge is 0.311 e. The minimum atomic E-state index is -0.375. The number of rotatable bonds is 9. The van der Waals surface area contributed by atoms with E-state index in [-0.39, 0.29) is 23.1 Å². The fourth-order valence-electron chi connectivity index (χ4n) is 4.12. The van der Waals surface area contributed by atoms with Crippen LogP contribution in [0.3, 0.4) is 0 Å². The van der Waals surface area contributed by atoms with Gasteiger partial charge in [0.1, 0.15) is 6.10 Å². The van der Waals surface area contributed by atoms with Crippen molar-refractivity contribution < 1.29 is 19.0 Å². The molecule has 0 bridgehead atoms. The predicted molar refractivity (Wildman–Crippen MR) is 113 cm³/mol. The Morgan fingerprint density at radius 1 is 0.714 bits per heavy atom.